The van der Waals surface area contributed by atoms with Gasteiger partial charge in [0.05, 0.1) is 30.6 Å². The van der Waals surface area contributed by atoms with Gasteiger partial charge in [0.15, 0.2) is 11.5 Å². The molecule has 0 radical (unpaired) electrons. The van der Waals surface area contributed by atoms with Crippen LogP contribution in [0.2, 0.25) is 0 Å². The second-order valence-corrected chi connectivity index (χ2v) is 7.03. The summed E-state index contributed by atoms with van der Waals surface area (Å²) in [5.41, 5.74) is 0.634. The van der Waals surface area contributed by atoms with E-state index in [0.29, 0.717) is 24.5 Å². The molecule has 1 N–H and O–H groups in total. The maximum atomic E-state index is 13.1. The molecule has 1 aromatic heterocycles. The Kier molecular flexibility index (Phi) is 5.40. The molecule has 1 saturated heterocycles. The van der Waals surface area contributed by atoms with E-state index in [1.165, 1.54) is 17.2 Å². The lowest BCUT2D eigenvalue weighted by Gasteiger charge is -2.29. The van der Waals surface area contributed by atoms with Crippen LogP contribution in [-0.2, 0) is 9.53 Å². The molecule has 2 unspecified atom stereocenters. The fourth-order valence-corrected chi connectivity index (χ4v) is 3.94. The Morgan fingerprint density at radius 2 is 2.10 bits per heavy atom. The molecule has 2 aromatic rings. The highest BCUT2D eigenvalue weighted by molar-refractivity contribution is 6.15. The molecule has 0 bridgehead atoms. The van der Waals surface area contributed by atoms with E-state index in [-0.39, 0.29) is 24.0 Å². The monoisotopic (exact) mass is 397 g/mol. The van der Waals surface area contributed by atoms with Crippen LogP contribution in [0.25, 0.3) is 0 Å². The lowest BCUT2D eigenvalue weighted by atomic mass is 9.94. The molecule has 1 amide bonds. The van der Waals surface area contributed by atoms with Crippen molar-refractivity contribution in [3.05, 3.63) is 65.3 Å². The minimum absolute atomic E-state index is 0.00454. The van der Waals surface area contributed by atoms with Crippen molar-refractivity contribution in [2.24, 2.45) is 0 Å². The Labute approximate surface area is 168 Å². The Morgan fingerprint density at radius 1 is 1.28 bits per heavy atom. The first kappa shape index (κ1) is 19.3. The minimum Gasteiger partial charge on any atom is -0.503 e. The molecule has 4 rings (SSSR count). The summed E-state index contributed by atoms with van der Waals surface area (Å²) in [4.78, 5) is 27.6. The van der Waals surface area contributed by atoms with Crippen LogP contribution in [0.4, 0.5) is 0 Å². The van der Waals surface area contributed by atoms with Crippen molar-refractivity contribution in [1.82, 2.24) is 4.90 Å². The standard InChI is InChI=1S/C22H23NO6/c1-2-27-16-9-4-3-8-15(16)19-18(20(24)17-10-6-12-29-17)21(25)22(26)23(19)13-14-7-5-11-28-14/h3-4,6,8-10,12,14,19,25H,2,5,7,11,13H2,1H3. The molecule has 2 atom stereocenters. The van der Waals surface area contributed by atoms with Gasteiger partial charge in [0.25, 0.3) is 5.91 Å². The third kappa shape index (κ3) is 3.53. The number of furan rings is 1. The van der Waals surface area contributed by atoms with Crippen LogP contribution in [0.1, 0.15) is 41.9 Å². The summed E-state index contributed by atoms with van der Waals surface area (Å²) < 4.78 is 16.7. The predicted molar refractivity (Wildman–Crippen MR) is 104 cm³/mol. The number of ether oxygens (including phenoxy) is 2. The first-order valence-electron chi connectivity index (χ1n) is 9.77. The quantitative estimate of drug-likeness (QED) is 0.720. The molecule has 0 spiro atoms. The highest BCUT2D eigenvalue weighted by Crippen LogP contribution is 2.42. The molecule has 2 aliphatic rings. The number of hydrogen-bond acceptors (Lipinski definition) is 6. The molecule has 0 saturated carbocycles. The molecule has 2 aliphatic heterocycles. The zero-order valence-electron chi connectivity index (χ0n) is 16.2. The third-order valence-corrected chi connectivity index (χ3v) is 5.23. The van der Waals surface area contributed by atoms with Gasteiger partial charge in [-0.3, -0.25) is 9.59 Å². The number of amides is 1. The molecule has 3 heterocycles. The van der Waals surface area contributed by atoms with Crippen LogP contribution in [0.15, 0.2) is 58.4 Å². The maximum absolute atomic E-state index is 13.1. The van der Waals surface area contributed by atoms with Gasteiger partial charge in [-0.1, -0.05) is 18.2 Å². The van der Waals surface area contributed by atoms with Crippen molar-refractivity contribution < 1.29 is 28.6 Å². The highest BCUT2D eigenvalue weighted by Gasteiger charge is 2.46. The van der Waals surface area contributed by atoms with Gasteiger partial charge in [-0.25, -0.2) is 0 Å². The topological polar surface area (TPSA) is 89.2 Å². The molecular weight excluding hydrogens is 374 g/mol. The van der Waals surface area contributed by atoms with E-state index >= 15 is 0 Å². The molecular formula is C22H23NO6. The molecule has 29 heavy (non-hydrogen) atoms. The van der Waals surface area contributed by atoms with E-state index in [2.05, 4.69) is 0 Å². The van der Waals surface area contributed by atoms with Crippen LogP contribution in [0, 0.1) is 0 Å². The molecule has 152 valence electrons. The lowest BCUT2D eigenvalue weighted by Crippen LogP contribution is -2.37. The van der Waals surface area contributed by atoms with Gasteiger partial charge in [-0.2, -0.15) is 0 Å². The first-order chi connectivity index (χ1) is 14.1. The number of carbonyl (C=O) groups excluding carboxylic acids is 2. The van der Waals surface area contributed by atoms with Crippen molar-refractivity contribution >= 4 is 11.7 Å². The van der Waals surface area contributed by atoms with E-state index in [1.807, 2.05) is 19.1 Å². The number of aliphatic hydroxyl groups is 1. The zero-order chi connectivity index (χ0) is 20.4. The van der Waals surface area contributed by atoms with Crippen molar-refractivity contribution in [2.45, 2.75) is 31.9 Å². The van der Waals surface area contributed by atoms with Crippen molar-refractivity contribution in [1.29, 1.82) is 0 Å². The van der Waals surface area contributed by atoms with Gasteiger partial charge >= 0.3 is 0 Å². The summed E-state index contributed by atoms with van der Waals surface area (Å²) in [7, 11) is 0. The fraction of sp³-hybridized carbons (Fsp3) is 0.364. The maximum Gasteiger partial charge on any atom is 0.290 e. The number of para-hydroxylation sites is 1. The van der Waals surface area contributed by atoms with E-state index in [0.717, 1.165) is 12.8 Å². The van der Waals surface area contributed by atoms with Gasteiger partial charge < -0.3 is 23.9 Å². The summed E-state index contributed by atoms with van der Waals surface area (Å²) in [6.07, 6.45) is 3.00. The Balaban J connectivity index is 1.79. The first-order valence-corrected chi connectivity index (χ1v) is 9.77. The number of Topliss-reactive ketones (excluding diaryl/α,β-unsaturated/α-hetero) is 1. The lowest BCUT2D eigenvalue weighted by molar-refractivity contribution is -0.131. The summed E-state index contributed by atoms with van der Waals surface area (Å²) in [5, 5.41) is 10.7. The molecule has 7 nitrogen and oxygen atoms in total. The summed E-state index contributed by atoms with van der Waals surface area (Å²) in [6.45, 7) is 3.22. The fourth-order valence-electron chi connectivity index (χ4n) is 3.94. The predicted octanol–water partition coefficient (Wildman–Crippen LogP) is 3.44. The average molecular weight is 397 g/mol. The summed E-state index contributed by atoms with van der Waals surface area (Å²) >= 11 is 0. The minimum atomic E-state index is -0.785. The van der Waals surface area contributed by atoms with Crippen LogP contribution < -0.4 is 4.74 Å². The second-order valence-electron chi connectivity index (χ2n) is 7.03. The second kappa shape index (κ2) is 8.13. The highest BCUT2D eigenvalue weighted by atomic mass is 16.5. The Hall–Kier alpha value is -3.06. The van der Waals surface area contributed by atoms with Gasteiger partial charge in [-0.15, -0.1) is 0 Å². The number of benzene rings is 1. The van der Waals surface area contributed by atoms with Gasteiger partial charge in [-0.05, 0) is 38.0 Å². The molecule has 0 aliphatic carbocycles. The number of hydrogen-bond donors (Lipinski definition) is 1. The normalized spacial score (nSPS) is 21.8. The number of nitrogens with zero attached hydrogens (tertiary/aromatic N) is 1. The van der Waals surface area contributed by atoms with Gasteiger partial charge in [0.2, 0.25) is 5.78 Å². The molecule has 1 aromatic carbocycles. The van der Waals surface area contributed by atoms with E-state index in [4.69, 9.17) is 13.9 Å². The molecule has 7 heteroatoms. The van der Waals surface area contributed by atoms with E-state index in [9.17, 15) is 14.7 Å². The SMILES string of the molecule is CCOc1ccccc1C1C(C(=O)c2ccco2)=C(O)C(=O)N1CC1CCCO1. The average Bonchev–Trinajstić information content (AvgIpc) is 3.47. The summed E-state index contributed by atoms with van der Waals surface area (Å²) in [6, 6.07) is 9.56. The Bertz CT molecular complexity index is 927. The van der Waals surface area contributed by atoms with Crippen molar-refractivity contribution in [3.63, 3.8) is 0 Å². The zero-order valence-corrected chi connectivity index (χ0v) is 16.2. The summed E-state index contributed by atoms with van der Waals surface area (Å²) in [5.74, 6) is -1.04. The smallest absolute Gasteiger partial charge is 0.290 e. The van der Waals surface area contributed by atoms with Crippen LogP contribution in [0.3, 0.4) is 0 Å². The van der Waals surface area contributed by atoms with Crippen molar-refractivity contribution in [3.8, 4) is 5.75 Å². The van der Waals surface area contributed by atoms with Crippen LogP contribution in [-0.4, -0.2) is 47.6 Å². The number of aliphatic hydroxyl groups excluding tert-OH is 1. The van der Waals surface area contributed by atoms with Crippen LogP contribution >= 0.6 is 0 Å². The van der Waals surface area contributed by atoms with Gasteiger partial charge in [0, 0.05) is 18.7 Å². The Morgan fingerprint density at radius 3 is 2.79 bits per heavy atom. The van der Waals surface area contributed by atoms with E-state index < -0.39 is 23.5 Å². The number of ketones is 1. The largest absolute Gasteiger partial charge is 0.503 e. The number of carbonyl (C=O) groups is 2. The third-order valence-electron chi connectivity index (χ3n) is 5.23. The van der Waals surface area contributed by atoms with Crippen molar-refractivity contribution in [2.75, 3.05) is 19.8 Å². The van der Waals surface area contributed by atoms with E-state index in [1.54, 1.807) is 18.2 Å². The van der Waals surface area contributed by atoms with Gasteiger partial charge in [0.1, 0.15) is 5.75 Å². The number of rotatable bonds is 7. The molecule has 1 fully saturated rings. The van der Waals surface area contributed by atoms with Crippen LogP contribution in [0.5, 0.6) is 5.75 Å².